The number of rotatable bonds is 6. The van der Waals surface area contributed by atoms with E-state index in [9.17, 15) is 0 Å². The Labute approximate surface area is 230 Å². The summed E-state index contributed by atoms with van der Waals surface area (Å²) in [6, 6.07) is 10.2. The lowest BCUT2D eigenvalue weighted by atomic mass is 9.74. The van der Waals surface area contributed by atoms with Crippen molar-refractivity contribution in [2.75, 3.05) is 74.3 Å². The first kappa shape index (κ1) is 26.4. The SMILES string of the molecule is CC1CCCN(c2cc(N3CCOCC3)nc(NC(=S)NCC3(c4cccc(Cl)c4)CCOCC3)n2)C1. The van der Waals surface area contributed by atoms with Crippen molar-refractivity contribution < 1.29 is 9.47 Å². The molecular weight excluding hydrogens is 508 g/mol. The van der Waals surface area contributed by atoms with E-state index in [1.54, 1.807) is 0 Å². The zero-order valence-electron chi connectivity index (χ0n) is 21.5. The van der Waals surface area contributed by atoms with Gasteiger partial charge in [0.05, 0.1) is 13.2 Å². The molecule has 3 fully saturated rings. The predicted octanol–water partition coefficient (Wildman–Crippen LogP) is 4.24. The largest absolute Gasteiger partial charge is 0.381 e. The van der Waals surface area contributed by atoms with Crippen LogP contribution in [-0.2, 0) is 14.9 Å². The Hall–Kier alpha value is -2.20. The fourth-order valence-electron chi connectivity index (χ4n) is 5.54. The number of morpholine rings is 1. The lowest BCUT2D eigenvalue weighted by molar-refractivity contribution is 0.0515. The maximum atomic E-state index is 6.34. The number of thiocarbonyl (C=S) groups is 1. The molecule has 0 aliphatic carbocycles. The van der Waals surface area contributed by atoms with Crippen LogP contribution in [-0.4, -0.2) is 74.2 Å². The third-order valence-corrected chi connectivity index (χ3v) is 8.20. The molecule has 2 N–H and O–H groups in total. The Kier molecular flexibility index (Phi) is 8.64. The van der Waals surface area contributed by atoms with Crippen molar-refractivity contribution in [3.63, 3.8) is 0 Å². The molecule has 37 heavy (non-hydrogen) atoms. The molecule has 3 saturated heterocycles. The minimum atomic E-state index is -0.0967. The molecule has 4 heterocycles. The summed E-state index contributed by atoms with van der Waals surface area (Å²) in [4.78, 5) is 14.4. The summed E-state index contributed by atoms with van der Waals surface area (Å²) in [5.74, 6) is 3.04. The molecule has 200 valence electrons. The number of benzene rings is 1. The molecule has 8 nitrogen and oxygen atoms in total. The minimum Gasteiger partial charge on any atom is -0.381 e. The number of hydrogen-bond donors (Lipinski definition) is 2. The van der Waals surface area contributed by atoms with Gasteiger partial charge in [0.2, 0.25) is 5.95 Å². The Morgan fingerprint density at radius 3 is 2.51 bits per heavy atom. The smallest absolute Gasteiger partial charge is 0.232 e. The zero-order chi connectivity index (χ0) is 25.7. The van der Waals surface area contributed by atoms with Crippen LogP contribution in [0.3, 0.4) is 0 Å². The molecule has 1 atom stereocenters. The Morgan fingerprint density at radius 1 is 1.05 bits per heavy atom. The summed E-state index contributed by atoms with van der Waals surface area (Å²) in [6.45, 7) is 9.49. The second kappa shape index (κ2) is 12.1. The first-order chi connectivity index (χ1) is 18.0. The number of nitrogens with one attached hydrogen (secondary N) is 2. The molecule has 0 bridgehead atoms. The highest BCUT2D eigenvalue weighted by Crippen LogP contribution is 2.35. The van der Waals surface area contributed by atoms with Gasteiger partial charge >= 0.3 is 0 Å². The van der Waals surface area contributed by atoms with Crippen LogP contribution >= 0.6 is 23.8 Å². The highest BCUT2D eigenvalue weighted by atomic mass is 35.5. The van der Waals surface area contributed by atoms with Crippen molar-refractivity contribution in [3.8, 4) is 0 Å². The molecule has 3 aliphatic rings. The van der Waals surface area contributed by atoms with E-state index in [-0.39, 0.29) is 5.41 Å². The lowest BCUT2D eigenvalue weighted by Gasteiger charge is -2.38. The van der Waals surface area contributed by atoms with Gasteiger partial charge in [-0.15, -0.1) is 0 Å². The maximum absolute atomic E-state index is 6.34. The molecule has 0 radical (unpaired) electrons. The molecule has 0 saturated carbocycles. The first-order valence-corrected chi connectivity index (χ1v) is 14.1. The monoisotopic (exact) mass is 544 g/mol. The summed E-state index contributed by atoms with van der Waals surface area (Å²) < 4.78 is 11.2. The maximum Gasteiger partial charge on any atom is 0.232 e. The first-order valence-electron chi connectivity index (χ1n) is 13.4. The molecule has 0 amide bonds. The van der Waals surface area contributed by atoms with Gasteiger partial charge in [0.25, 0.3) is 0 Å². The number of piperidine rings is 1. The van der Waals surface area contributed by atoms with E-state index in [4.69, 9.17) is 43.3 Å². The summed E-state index contributed by atoms with van der Waals surface area (Å²) in [7, 11) is 0. The molecule has 1 aromatic heterocycles. The molecule has 5 rings (SSSR count). The van der Waals surface area contributed by atoms with Crippen LogP contribution in [0.1, 0.15) is 38.2 Å². The number of anilines is 3. The van der Waals surface area contributed by atoms with E-state index in [0.29, 0.717) is 36.7 Å². The highest BCUT2D eigenvalue weighted by Gasteiger charge is 2.35. The normalized spacial score (nSPS) is 21.9. The van der Waals surface area contributed by atoms with E-state index < -0.39 is 0 Å². The average molecular weight is 545 g/mol. The lowest BCUT2D eigenvalue weighted by Crippen LogP contribution is -2.45. The van der Waals surface area contributed by atoms with Gasteiger partial charge in [-0.2, -0.15) is 9.97 Å². The van der Waals surface area contributed by atoms with Gasteiger partial charge in [-0.25, -0.2) is 0 Å². The van der Waals surface area contributed by atoms with Crippen molar-refractivity contribution in [3.05, 3.63) is 40.9 Å². The highest BCUT2D eigenvalue weighted by molar-refractivity contribution is 7.80. The third kappa shape index (κ3) is 6.63. The van der Waals surface area contributed by atoms with Crippen molar-refractivity contribution in [2.24, 2.45) is 5.92 Å². The topological polar surface area (TPSA) is 74.8 Å². The van der Waals surface area contributed by atoms with Crippen LogP contribution in [0, 0.1) is 5.92 Å². The summed E-state index contributed by atoms with van der Waals surface area (Å²) in [5.41, 5.74) is 1.12. The molecular formula is C27H37ClN6O2S. The average Bonchev–Trinajstić information content (AvgIpc) is 2.93. The number of aromatic nitrogens is 2. The van der Waals surface area contributed by atoms with Gasteiger partial charge in [-0.3, -0.25) is 0 Å². The third-order valence-electron chi connectivity index (χ3n) is 7.71. The Bertz CT molecular complexity index is 1080. The van der Waals surface area contributed by atoms with Crippen LogP contribution in [0.15, 0.2) is 30.3 Å². The van der Waals surface area contributed by atoms with Crippen LogP contribution in [0.4, 0.5) is 17.6 Å². The Balaban J connectivity index is 1.32. The van der Waals surface area contributed by atoms with E-state index >= 15 is 0 Å². The van der Waals surface area contributed by atoms with Crippen LogP contribution in [0.2, 0.25) is 5.02 Å². The second-order valence-corrected chi connectivity index (χ2v) is 11.3. The predicted molar refractivity (Wildman–Crippen MR) is 153 cm³/mol. The van der Waals surface area contributed by atoms with E-state index in [1.165, 1.54) is 18.4 Å². The number of nitrogens with zero attached hydrogens (tertiary/aromatic N) is 4. The summed E-state index contributed by atoms with van der Waals surface area (Å²) in [6.07, 6.45) is 4.25. The van der Waals surface area contributed by atoms with Gasteiger partial charge in [0, 0.05) is 62.4 Å². The summed E-state index contributed by atoms with van der Waals surface area (Å²) >= 11 is 12.1. The quantitative estimate of drug-likeness (QED) is 0.519. The van der Waals surface area contributed by atoms with E-state index in [1.807, 2.05) is 12.1 Å². The van der Waals surface area contributed by atoms with Gasteiger partial charge in [-0.1, -0.05) is 30.7 Å². The van der Waals surface area contributed by atoms with Gasteiger partial charge in [0.1, 0.15) is 11.6 Å². The fourth-order valence-corrected chi connectivity index (χ4v) is 5.89. The van der Waals surface area contributed by atoms with Crippen LogP contribution in [0.25, 0.3) is 0 Å². The van der Waals surface area contributed by atoms with Crippen LogP contribution in [0.5, 0.6) is 0 Å². The van der Waals surface area contributed by atoms with Crippen molar-refractivity contribution in [1.82, 2.24) is 15.3 Å². The van der Waals surface area contributed by atoms with Crippen LogP contribution < -0.4 is 20.4 Å². The molecule has 1 aromatic carbocycles. The molecule has 3 aliphatic heterocycles. The number of halogens is 1. The van der Waals surface area contributed by atoms with E-state index in [2.05, 4.69) is 45.6 Å². The van der Waals surface area contributed by atoms with Gasteiger partial charge < -0.3 is 29.9 Å². The minimum absolute atomic E-state index is 0.0967. The molecule has 10 heteroatoms. The molecule has 2 aromatic rings. The number of hydrogen-bond acceptors (Lipinski definition) is 7. The van der Waals surface area contributed by atoms with Gasteiger partial charge in [0.15, 0.2) is 5.11 Å². The van der Waals surface area contributed by atoms with Gasteiger partial charge in [-0.05, 0) is 61.5 Å². The van der Waals surface area contributed by atoms with Crippen molar-refractivity contribution in [2.45, 2.75) is 38.0 Å². The standard InChI is InChI=1S/C27H37ClN6O2S/c1-20-4-3-9-34(18-20)24-17-23(33-10-14-36-15-11-33)30-25(31-24)32-26(37)29-19-27(7-12-35-13-8-27)21-5-2-6-22(28)16-21/h2,5-6,16-17,20H,3-4,7-15,18-19H2,1H3,(H2,29,30,31,32,37). The second-order valence-electron chi connectivity index (χ2n) is 10.4. The fraction of sp³-hybridized carbons (Fsp3) is 0.593. The Morgan fingerprint density at radius 2 is 1.78 bits per heavy atom. The molecule has 1 unspecified atom stereocenters. The molecule has 0 spiro atoms. The number of ether oxygens (including phenoxy) is 2. The van der Waals surface area contributed by atoms with Crippen molar-refractivity contribution >= 4 is 46.5 Å². The van der Waals surface area contributed by atoms with Crippen molar-refractivity contribution in [1.29, 1.82) is 0 Å². The summed E-state index contributed by atoms with van der Waals surface area (Å²) in [5, 5.41) is 8.01. The van der Waals surface area contributed by atoms with E-state index in [0.717, 1.165) is 68.9 Å². The zero-order valence-corrected chi connectivity index (χ0v) is 23.1.